The number of halogens is 3. The zero-order chi connectivity index (χ0) is 18.4. The summed E-state index contributed by atoms with van der Waals surface area (Å²) in [4.78, 5) is 21.8. The van der Waals surface area contributed by atoms with Crippen LogP contribution < -0.4 is 10.1 Å². The Bertz CT molecular complexity index is 752. The second kappa shape index (κ2) is 8.51. The molecule has 0 saturated heterocycles. The average Bonchev–Trinajstić information content (AvgIpc) is 2.89. The SMILES string of the molecule is O=C(Cn1cc(Br)c([N+](=O)[O-])n1)NCCc1ccc(OC(F)F)cc1. The molecule has 0 unspecified atom stereocenters. The minimum atomic E-state index is -2.87. The number of carbonyl (C=O) groups is 1. The third-order valence-corrected chi connectivity index (χ3v) is 3.62. The first-order valence-electron chi connectivity index (χ1n) is 7.03. The van der Waals surface area contributed by atoms with E-state index in [1.165, 1.54) is 18.3 Å². The van der Waals surface area contributed by atoms with Gasteiger partial charge in [0.25, 0.3) is 0 Å². The molecule has 134 valence electrons. The van der Waals surface area contributed by atoms with E-state index in [0.717, 1.165) is 10.2 Å². The summed E-state index contributed by atoms with van der Waals surface area (Å²) in [6.07, 6.45) is 1.84. The molecule has 0 atom stereocenters. The maximum atomic E-state index is 12.0. The van der Waals surface area contributed by atoms with Crippen LogP contribution in [0.5, 0.6) is 5.75 Å². The van der Waals surface area contributed by atoms with Crippen LogP contribution in [0.15, 0.2) is 34.9 Å². The molecule has 0 radical (unpaired) electrons. The highest BCUT2D eigenvalue weighted by molar-refractivity contribution is 9.10. The molecule has 0 fully saturated rings. The lowest BCUT2D eigenvalue weighted by Gasteiger charge is -2.07. The highest BCUT2D eigenvalue weighted by Crippen LogP contribution is 2.21. The Balaban J connectivity index is 1.78. The van der Waals surface area contributed by atoms with Gasteiger partial charge < -0.3 is 20.2 Å². The smallest absolute Gasteiger partial charge is 0.404 e. The molecule has 1 amide bonds. The van der Waals surface area contributed by atoms with E-state index in [-0.39, 0.29) is 28.5 Å². The molecule has 1 N–H and O–H groups in total. The number of ether oxygens (including phenoxy) is 1. The molecule has 0 aliphatic rings. The van der Waals surface area contributed by atoms with Crippen LogP contribution in [0.2, 0.25) is 0 Å². The number of nitrogens with one attached hydrogen (secondary N) is 1. The number of alkyl halides is 2. The van der Waals surface area contributed by atoms with Gasteiger partial charge in [0.15, 0.2) is 0 Å². The van der Waals surface area contributed by atoms with Gasteiger partial charge >= 0.3 is 12.4 Å². The summed E-state index contributed by atoms with van der Waals surface area (Å²) in [5, 5.41) is 17.0. The summed E-state index contributed by atoms with van der Waals surface area (Å²) >= 11 is 3.00. The first kappa shape index (κ1) is 18.8. The summed E-state index contributed by atoms with van der Waals surface area (Å²) in [6, 6.07) is 6.09. The van der Waals surface area contributed by atoms with Crippen LogP contribution in [0, 0.1) is 10.1 Å². The molecule has 8 nitrogen and oxygen atoms in total. The van der Waals surface area contributed by atoms with E-state index in [1.54, 1.807) is 12.1 Å². The van der Waals surface area contributed by atoms with Gasteiger partial charge in [0.1, 0.15) is 16.8 Å². The van der Waals surface area contributed by atoms with E-state index < -0.39 is 11.5 Å². The monoisotopic (exact) mass is 418 g/mol. The van der Waals surface area contributed by atoms with Crippen molar-refractivity contribution in [1.29, 1.82) is 0 Å². The molecule has 0 saturated carbocycles. The molecule has 0 aliphatic carbocycles. The van der Waals surface area contributed by atoms with Crippen LogP contribution in [0.25, 0.3) is 0 Å². The lowest BCUT2D eigenvalue weighted by Crippen LogP contribution is -2.29. The van der Waals surface area contributed by atoms with Gasteiger partial charge in [-0.15, -0.1) is 0 Å². The minimum absolute atomic E-state index is 0.0636. The number of hydrogen-bond donors (Lipinski definition) is 1. The van der Waals surface area contributed by atoms with E-state index in [2.05, 4.69) is 31.1 Å². The van der Waals surface area contributed by atoms with Crippen molar-refractivity contribution in [3.05, 3.63) is 50.6 Å². The third-order valence-electron chi connectivity index (χ3n) is 3.06. The van der Waals surface area contributed by atoms with Gasteiger partial charge in [-0.2, -0.15) is 13.5 Å². The molecule has 1 aromatic heterocycles. The zero-order valence-electron chi connectivity index (χ0n) is 12.7. The van der Waals surface area contributed by atoms with E-state index in [9.17, 15) is 23.7 Å². The highest BCUT2D eigenvalue weighted by atomic mass is 79.9. The fourth-order valence-electron chi connectivity index (χ4n) is 1.98. The average molecular weight is 419 g/mol. The van der Waals surface area contributed by atoms with Crippen LogP contribution in [-0.4, -0.2) is 33.8 Å². The number of amides is 1. The first-order valence-corrected chi connectivity index (χ1v) is 7.82. The van der Waals surface area contributed by atoms with Crippen LogP contribution in [0.3, 0.4) is 0 Å². The molecular formula is C14H13BrF2N4O4. The predicted octanol–water partition coefficient (Wildman–Crippen LogP) is 2.51. The number of nitrogens with zero attached hydrogens (tertiary/aromatic N) is 3. The Hall–Kier alpha value is -2.56. The lowest BCUT2D eigenvalue weighted by molar-refractivity contribution is -0.390. The van der Waals surface area contributed by atoms with Crippen molar-refractivity contribution in [2.75, 3.05) is 6.54 Å². The number of benzene rings is 1. The quantitative estimate of drug-likeness (QED) is 0.524. The number of hydrogen-bond acceptors (Lipinski definition) is 5. The van der Waals surface area contributed by atoms with Gasteiger partial charge in [-0.3, -0.25) is 4.79 Å². The maximum absolute atomic E-state index is 12.0. The van der Waals surface area contributed by atoms with Crippen LogP contribution in [0.1, 0.15) is 5.56 Å². The molecule has 25 heavy (non-hydrogen) atoms. The topological polar surface area (TPSA) is 99.3 Å². The van der Waals surface area contributed by atoms with Crippen molar-refractivity contribution in [2.45, 2.75) is 19.6 Å². The van der Waals surface area contributed by atoms with Gasteiger partial charge in [0, 0.05) is 6.54 Å². The number of nitro groups is 1. The molecule has 11 heteroatoms. The standard InChI is InChI=1S/C14H13BrF2N4O4/c15-11-7-20(19-13(11)21(23)24)8-12(22)18-6-5-9-1-3-10(4-2-9)25-14(16)17/h1-4,7,14H,5-6,8H2,(H,18,22). The molecule has 2 aromatic rings. The number of rotatable bonds is 8. The van der Waals surface area contributed by atoms with Gasteiger partial charge in [-0.05, 0) is 45.0 Å². The maximum Gasteiger partial charge on any atom is 0.404 e. The normalized spacial score (nSPS) is 10.7. The van der Waals surface area contributed by atoms with Crippen molar-refractivity contribution >= 4 is 27.7 Å². The van der Waals surface area contributed by atoms with E-state index in [4.69, 9.17) is 0 Å². The largest absolute Gasteiger partial charge is 0.435 e. The van der Waals surface area contributed by atoms with E-state index >= 15 is 0 Å². The second-order valence-electron chi connectivity index (χ2n) is 4.88. The lowest BCUT2D eigenvalue weighted by atomic mass is 10.1. The predicted molar refractivity (Wildman–Crippen MR) is 86.4 cm³/mol. The summed E-state index contributed by atoms with van der Waals surface area (Å²) in [6.45, 7) is -2.71. The number of aromatic nitrogens is 2. The Labute approximate surface area is 149 Å². The molecule has 1 aromatic carbocycles. The number of carbonyl (C=O) groups excluding carboxylic acids is 1. The summed E-state index contributed by atoms with van der Waals surface area (Å²) in [5.41, 5.74) is 0.833. The highest BCUT2D eigenvalue weighted by Gasteiger charge is 2.19. The molecular weight excluding hydrogens is 406 g/mol. The first-order chi connectivity index (χ1) is 11.8. The summed E-state index contributed by atoms with van der Waals surface area (Å²) < 4.78 is 29.7. The molecule has 2 rings (SSSR count). The Morgan fingerprint density at radius 3 is 2.64 bits per heavy atom. The van der Waals surface area contributed by atoms with E-state index in [1.807, 2.05) is 0 Å². The zero-order valence-corrected chi connectivity index (χ0v) is 14.3. The fourth-order valence-corrected chi connectivity index (χ4v) is 2.44. The van der Waals surface area contributed by atoms with Crippen molar-refractivity contribution < 1.29 is 23.2 Å². The Kier molecular flexibility index (Phi) is 6.39. The van der Waals surface area contributed by atoms with Crippen molar-refractivity contribution in [1.82, 2.24) is 15.1 Å². The van der Waals surface area contributed by atoms with Gasteiger partial charge in [0.05, 0.1) is 11.3 Å². The minimum Gasteiger partial charge on any atom is -0.435 e. The summed E-state index contributed by atoms with van der Waals surface area (Å²) in [5.74, 6) is -0.657. The van der Waals surface area contributed by atoms with Crippen LogP contribution >= 0.6 is 15.9 Å². The molecule has 0 bridgehead atoms. The van der Waals surface area contributed by atoms with Gasteiger partial charge in [-0.1, -0.05) is 12.1 Å². The van der Waals surface area contributed by atoms with Crippen molar-refractivity contribution in [3.63, 3.8) is 0 Å². The fraction of sp³-hybridized carbons (Fsp3) is 0.286. The third kappa shape index (κ3) is 5.78. The van der Waals surface area contributed by atoms with Crippen LogP contribution in [0.4, 0.5) is 14.6 Å². The molecule has 0 spiro atoms. The Morgan fingerprint density at radius 1 is 1.40 bits per heavy atom. The summed E-state index contributed by atoms with van der Waals surface area (Å²) in [7, 11) is 0. The van der Waals surface area contributed by atoms with Crippen LogP contribution in [-0.2, 0) is 17.8 Å². The van der Waals surface area contributed by atoms with Crippen molar-refractivity contribution in [3.8, 4) is 5.75 Å². The molecule has 1 heterocycles. The van der Waals surface area contributed by atoms with E-state index in [0.29, 0.717) is 13.0 Å². The van der Waals surface area contributed by atoms with Gasteiger partial charge in [-0.25, -0.2) is 0 Å². The van der Waals surface area contributed by atoms with Crippen molar-refractivity contribution in [2.24, 2.45) is 0 Å². The second-order valence-corrected chi connectivity index (χ2v) is 5.73. The molecule has 0 aliphatic heterocycles. The van der Waals surface area contributed by atoms with Gasteiger partial charge in [0.2, 0.25) is 5.91 Å². The Morgan fingerprint density at radius 2 is 2.08 bits per heavy atom.